The van der Waals surface area contributed by atoms with Gasteiger partial charge in [-0.1, -0.05) is 6.92 Å². The van der Waals surface area contributed by atoms with Gasteiger partial charge in [0.05, 0.1) is 19.3 Å². The van der Waals surface area contributed by atoms with Gasteiger partial charge in [-0.3, -0.25) is 9.59 Å². The van der Waals surface area contributed by atoms with Crippen molar-refractivity contribution in [3.8, 4) is 0 Å². The number of rotatable bonds is 3. The molecular formula is C8H13NO4. The molecule has 1 rings (SSSR count). The summed E-state index contributed by atoms with van der Waals surface area (Å²) in [5.41, 5.74) is 0. The van der Waals surface area contributed by atoms with Crippen LogP contribution in [0.1, 0.15) is 13.3 Å². The fourth-order valence-corrected chi connectivity index (χ4v) is 1.25. The minimum Gasteiger partial charge on any atom is -0.481 e. The summed E-state index contributed by atoms with van der Waals surface area (Å²) in [4.78, 5) is 21.6. The summed E-state index contributed by atoms with van der Waals surface area (Å²) in [6.07, 6.45) is 0.364. The maximum absolute atomic E-state index is 11.0. The molecule has 1 amide bonds. The van der Waals surface area contributed by atoms with Crippen molar-refractivity contribution in [3.05, 3.63) is 0 Å². The third-order valence-electron chi connectivity index (χ3n) is 2.07. The van der Waals surface area contributed by atoms with Gasteiger partial charge < -0.3 is 15.2 Å². The Morgan fingerprint density at radius 3 is 2.77 bits per heavy atom. The molecule has 1 aliphatic rings. The molecule has 0 aromatic heterocycles. The van der Waals surface area contributed by atoms with Gasteiger partial charge in [-0.2, -0.15) is 0 Å². The Hall–Kier alpha value is -1.10. The highest BCUT2D eigenvalue weighted by Gasteiger charge is 2.34. The average molecular weight is 187 g/mol. The lowest BCUT2D eigenvalue weighted by atomic mass is 10.0. The van der Waals surface area contributed by atoms with E-state index in [0.717, 1.165) is 0 Å². The van der Waals surface area contributed by atoms with E-state index in [1.165, 1.54) is 0 Å². The Morgan fingerprint density at radius 2 is 2.23 bits per heavy atom. The Bertz CT molecular complexity index is 216. The monoisotopic (exact) mass is 187 g/mol. The lowest BCUT2D eigenvalue weighted by Crippen LogP contribution is -2.42. The van der Waals surface area contributed by atoms with Crippen LogP contribution in [0.25, 0.3) is 0 Å². The predicted octanol–water partition coefficient (Wildman–Crippen LogP) is -0.388. The van der Waals surface area contributed by atoms with Crippen LogP contribution in [0.4, 0.5) is 0 Å². The SMILES string of the molecule is CCC(=O)NC1COCC1C(=O)O. The number of nitrogens with one attached hydrogen (secondary N) is 1. The number of hydrogen-bond acceptors (Lipinski definition) is 3. The summed E-state index contributed by atoms with van der Waals surface area (Å²) in [7, 11) is 0. The fourth-order valence-electron chi connectivity index (χ4n) is 1.25. The second-order valence-electron chi connectivity index (χ2n) is 3.01. The molecule has 13 heavy (non-hydrogen) atoms. The van der Waals surface area contributed by atoms with Crippen LogP contribution in [0, 0.1) is 5.92 Å². The van der Waals surface area contributed by atoms with Gasteiger partial charge in [0.15, 0.2) is 0 Å². The fraction of sp³-hybridized carbons (Fsp3) is 0.750. The van der Waals surface area contributed by atoms with E-state index in [2.05, 4.69) is 5.32 Å². The first-order valence-corrected chi connectivity index (χ1v) is 4.25. The van der Waals surface area contributed by atoms with Gasteiger partial charge in [-0.05, 0) is 0 Å². The van der Waals surface area contributed by atoms with Crippen LogP contribution in [0.3, 0.4) is 0 Å². The summed E-state index contributed by atoms with van der Waals surface area (Å²) in [6, 6.07) is -0.370. The Morgan fingerprint density at radius 1 is 1.54 bits per heavy atom. The molecule has 2 N–H and O–H groups in total. The second-order valence-corrected chi connectivity index (χ2v) is 3.01. The molecule has 1 fully saturated rings. The first kappa shape index (κ1) is 9.98. The molecule has 1 aliphatic heterocycles. The standard InChI is InChI=1S/C8H13NO4/c1-2-7(10)9-6-4-13-3-5(6)8(11)12/h5-6H,2-4H2,1H3,(H,9,10)(H,11,12). The molecule has 1 saturated heterocycles. The van der Waals surface area contributed by atoms with Crippen molar-refractivity contribution in [2.75, 3.05) is 13.2 Å². The quantitative estimate of drug-likeness (QED) is 0.631. The van der Waals surface area contributed by atoms with Crippen molar-refractivity contribution >= 4 is 11.9 Å². The van der Waals surface area contributed by atoms with Crippen LogP contribution in [-0.4, -0.2) is 36.2 Å². The summed E-state index contributed by atoms with van der Waals surface area (Å²) < 4.78 is 4.98. The Labute approximate surface area is 76.1 Å². The number of hydrogen-bond donors (Lipinski definition) is 2. The van der Waals surface area contributed by atoms with Crippen molar-refractivity contribution in [3.63, 3.8) is 0 Å². The van der Waals surface area contributed by atoms with Crippen molar-refractivity contribution in [2.45, 2.75) is 19.4 Å². The predicted molar refractivity (Wildman–Crippen MR) is 44.2 cm³/mol. The minimum atomic E-state index is -0.918. The van der Waals surface area contributed by atoms with Crippen LogP contribution in [0.5, 0.6) is 0 Å². The lowest BCUT2D eigenvalue weighted by molar-refractivity contribution is -0.142. The van der Waals surface area contributed by atoms with Gasteiger partial charge in [0.2, 0.25) is 5.91 Å². The first-order chi connectivity index (χ1) is 6.15. The average Bonchev–Trinajstić information content (AvgIpc) is 2.52. The second kappa shape index (κ2) is 4.23. The highest BCUT2D eigenvalue weighted by atomic mass is 16.5. The zero-order chi connectivity index (χ0) is 9.84. The smallest absolute Gasteiger partial charge is 0.311 e. The molecule has 0 spiro atoms. The largest absolute Gasteiger partial charge is 0.481 e. The van der Waals surface area contributed by atoms with E-state index >= 15 is 0 Å². The summed E-state index contributed by atoms with van der Waals surface area (Å²) in [5.74, 6) is -1.66. The number of ether oxygens (including phenoxy) is 1. The normalized spacial score (nSPS) is 27.2. The summed E-state index contributed by atoms with van der Waals surface area (Å²) >= 11 is 0. The minimum absolute atomic E-state index is 0.137. The van der Waals surface area contributed by atoms with E-state index in [0.29, 0.717) is 13.0 Å². The maximum atomic E-state index is 11.0. The number of carbonyl (C=O) groups is 2. The van der Waals surface area contributed by atoms with Crippen LogP contribution in [-0.2, 0) is 14.3 Å². The van der Waals surface area contributed by atoms with Crippen LogP contribution in [0.15, 0.2) is 0 Å². The van der Waals surface area contributed by atoms with Crippen LogP contribution in [0.2, 0.25) is 0 Å². The Kier molecular flexibility index (Phi) is 3.25. The molecule has 0 radical (unpaired) electrons. The van der Waals surface area contributed by atoms with Gasteiger partial charge in [0.25, 0.3) is 0 Å². The number of amides is 1. The third kappa shape index (κ3) is 2.42. The first-order valence-electron chi connectivity index (χ1n) is 4.25. The van der Waals surface area contributed by atoms with E-state index in [1.54, 1.807) is 6.92 Å². The number of carboxylic acid groups (broad SMARTS) is 1. The number of carbonyl (C=O) groups excluding carboxylic acids is 1. The lowest BCUT2D eigenvalue weighted by Gasteiger charge is -2.14. The Balaban J connectivity index is 2.48. The molecule has 0 aliphatic carbocycles. The van der Waals surface area contributed by atoms with E-state index < -0.39 is 11.9 Å². The molecule has 0 saturated carbocycles. The van der Waals surface area contributed by atoms with Gasteiger partial charge in [0.1, 0.15) is 5.92 Å². The van der Waals surface area contributed by atoms with Gasteiger partial charge in [-0.15, -0.1) is 0 Å². The summed E-state index contributed by atoms with van der Waals surface area (Å²) in [5, 5.41) is 11.4. The molecule has 0 aromatic rings. The zero-order valence-electron chi connectivity index (χ0n) is 7.45. The molecular weight excluding hydrogens is 174 g/mol. The van der Waals surface area contributed by atoms with E-state index in [9.17, 15) is 9.59 Å². The molecule has 0 aromatic carbocycles. The number of carboxylic acids is 1. The van der Waals surface area contributed by atoms with Crippen LogP contribution >= 0.6 is 0 Å². The van der Waals surface area contributed by atoms with E-state index in [4.69, 9.17) is 9.84 Å². The van der Waals surface area contributed by atoms with Crippen molar-refractivity contribution < 1.29 is 19.4 Å². The third-order valence-corrected chi connectivity index (χ3v) is 2.07. The van der Waals surface area contributed by atoms with Crippen LogP contribution < -0.4 is 5.32 Å². The molecule has 5 nitrogen and oxygen atoms in total. The highest BCUT2D eigenvalue weighted by Crippen LogP contribution is 2.13. The molecule has 74 valence electrons. The van der Waals surface area contributed by atoms with E-state index in [-0.39, 0.29) is 18.6 Å². The van der Waals surface area contributed by atoms with Crippen molar-refractivity contribution in [1.29, 1.82) is 0 Å². The molecule has 5 heteroatoms. The van der Waals surface area contributed by atoms with Gasteiger partial charge in [-0.25, -0.2) is 0 Å². The highest BCUT2D eigenvalue weighted by molar-refractivity contribution is 5.78. The molecule has 1 heterocycles. The molecule has 0 bridgehead atoms. The molecule has 2 atom stereocenters. The maximum Gasteiger partial charge on any atom is 0.311 e. The van der Waals surface area contributed by atoms with E-state index in [1.807, 2.05) is 0 Å². The van der Waals surface area contributed by atoms with Crippen molar-refractivity contribution in [1.82, 2.24) is 5.32 Å². The summed E-state index contributed by atoms with van der Waals surface area (Å²) in [6.45, 7) is 2.20. The topological polar surface area (TPSA) is 75.6 Å². The van der Waals surface area contributed by atoms with Gasteiger partial charge in [0, 0.05) is 6.42 Å². The molecule has 2 unspecified atom stereocenters. The van der Waals surface area contributed by atoms with Crippen molar-refractivity contribution in [2.24, 2.45) is 5.92 Å². The number of aliphatic carboxylic acids is 1. The zero-order valence-corrected chi connectivity index (χ0v) is 7.45. The van der Waals surface area contributed by atoms with Gasteiger partial charge >= 0.3 is 5.97 Å².